The van der Waals surface area contributed by atoms with Crippen molar-refractivity contribution >= 4 is 23.2 Å². The quantitative estimate of drug-likeness (QED) is 0.696. The van der Waals surface area contributed by atoms with Crippen LogP contribution in [0, 0.1) is 6.92 Å². The van der Waals surface area contributed by atoms with Crippen molar-refractivity contribution in [1.82, 2.24) is 0 Å². The number of ether oxygens (including phenoxy) is 1. The Morgan fingerprint density at radius 3 is 2.35 bits per heavy atom. The van der Waals surface area contributed by atoms with Crippen molar-refractivity contribution in [1.29, 1.82) is 0 Å². The summed E-state index contributed by atoms with van der Waals surface area (Å²) in [6.07, 6.45) is 0. The SMILES string of the molecule is Cc1ccc(Oc2ccc(CCl)cc2Cl)cc1. The lowest BCUT2D eigenvalue weighted by atomic mass is 10.2. The summed E-state index contributed by atoms with van der Waals surface area (Å²) in [4.78, 5) is 0. The van der Waals surface area contributed by atoms with Gasteiger partial charge in [-0.2, -0.15) is 0 Å². The standard InChI is InChI=1S/C14H12Cl2O/c1-10-2-5-12(6-3-10)17-14-7-4-11(9-15)8-13(14)16/h2-8H,9H2,1H3. The molecule has 0 aliphatic carbocycles. The molecular formula is C14H12Cl2O. The van der Waals surface area contributed by atoms with Crippen molar-refractivity contribution in [2.75, 3.05) is 0 Å². The monoisotopic (exact) mass is 266 g/mol. The summed E-state index contributed by atoms with van der Waals surface area (Å²) in [7, 11) is 0. The molecule has 0 saturated carbocycles. The Morgan fingerprint density at radius 2 is 1.76 bits per heavy atom. The van der Waals surface area contributed by atoms with Gasteiger partial charge in [0.05, 0.1) is 5.02 Å². The molecule has 0 aliphatic rings. The van der Waals surface area contributed by atoms with Crippen LogP contribution in [-0.4, -0.2) is 0 Å². The van der Waals surface area contributed by atoms with Crippen molar-refractivity contribution in [3.8, 4) is 11.5 Å². The molecule has 88 valence electrons. The molecule has 0 unspecified atom stereocenters. The molecule has 0 aliphatic heterocycles. The van der Waals surface area contributed by atoms with Crippen LogP contribution in [0.2, 0.25) is 5.02 Å². The third kappa shape index (κ3) is 3.15. The first-order valence-electron chi connectivity index (χ1n) is 5.28. The van der Waals surface area contributed by atoms with E-state index in [9.17, 15) is 0 Å². The lowest BCUT2D eigenvalue weighted by Gasteiger charge is -2.08. The van der Waals surface area contributed by atoms with Crippen LogP contribution < -0.4 is 4.74 Å². The maximum atomic E-state index is 6.11. The van der Waals surface area contributed by atoms with Crippen molar-refractivity contribution in [2.45, 2.75) is 12.8 Å². The smallest absolute Gasteiger partial charge is 0.146 e. The van der Waals surface area contributed by atoms with Gasteiger partial charge < -0.3 is 4.74 Å². The van der Waals surface area contributed by atoms with Gasteiger partial charge in [-0.25, -0.2) is 0 Å². The van der Waals surface area contributed by atoms with Gasteiger partial charge in [0, 0.05) is 5.88 Å². The number of hydrogen-bond acceptors (Lipinski definition) is 1. The summed E-state index contributed by atoms with van der Waals surface area (Å²) in [6, 6.07) is 13.4. The van der Waals surface area contributed by atoms with Crippen LogP contribution in [0.4, 0.5) is 0 Å². The van der Waals surface area contributed by atoms with Gasteiger partial charge in [-0.05, 0) is 36.8 Å². The Balaban J connectivity index is 2.21. The molecule has 0 aromatic heterocycles. The number of alkyl halides is 1. The van der Waals surface area contributed by atoms with E-state index < -0.39 is 0 Å². The van der Waals surface area contributed by atoms with E-state index >= 15 is 0 Å². The molecule has 2 aromatic rings. The van der Waals surface area contributed by atoms with Gasteiger partial charge >= 0.3 is 0 Å². The molecule has 2 aromatic carbocycles. The topological polar surface area (TPSA) is 9.23 Å². The predicted molar refractivity (Wildman–Crippen MR) is 72.3 cm³/mol. The van der Waals surface area contributed by atoms with Gasteiger partial charge in [-0.1, -0.05) is 35.4 Å². The maximum Gasteiger partial charge on any atom is 0.146 e. The van der Waals surface area contributed by atoms with Gasteiger partial charge in [0.25, 0.3) is 0 Å². The van der Waals surface area contributed by atoms with E-state index in [1.807, 2.05) is 49.4 Å². The second kappa shape index (κ2) is 5.44. The fourth-order valence-corrected chi connectivity index (χ4v) is 1.85. The summed E-state index contributed by atoms with van der Waals surface area (Å²) in [6.45, 7) is 2.03. The zero-order valence-corrected chi connectivity index (χ0v) is 10.9. The lowest BCUT2D eigenvalue weighted by molar-refractivity contribution is 0.482. The van der Waals surface area contributed by atoms with Gasteiger partial charge in [0.1, 0.15) is 11.5 Å². The summed E-state index contributed by atoms with van der Waals surface area (Å²) in [5.41, 5.74) is 2.17. The first-order valence-corrected chi connectivity index (χ1v) is 6.19. The second-order valence-electron chi connectivity index (χ2n) is 3.81. The highest BCUT2D eigenvalue weighted by Crippen LogP contribution is 2.30. The van der Waals surface area contributed by atoms with E-state index in [-0.39, 0.29) is 0 Å². The molecule has 0 radical (unpaired) electrons. The maximum absolute atomic E-state index is 6.11. The Morgan fingerprint density at radius 1 is 1.06 bits per heavy atom. The zero-order valence-electron chi connectivity index (χ0n) is 9.41. The summed E-state index contributed by atoms with van der Waals surface area (Å²) < 4.78 is 5.69. The number of rotatable bonds is 3. The highest BCUT2D eigenvalue weighted by Gasteiger charge is 2.04. The summed E-state index contributed by atoms with van der Waals surface area (Å²) >= 11 is 11.8. The molecule has 2 rings (SSSR count). The molecule has 17 heavy (non-hydrogen) atoms. The van der Waals surface area contributed by atoms with Gasteiger partial charge in [0.2, 0.25) is 0 Å². The number of benzene rings is 2. The van der Waals surface area contributed by atoms with Crippen molar-refractivity contribution in [2.24, 2.45) is 0 Å². The molecule has 0 atom stereocenters. The van der Waals surface area contributed by atoms with Gasteiger partial charge in [-0.15, -0.1) is 11.6 Å². The van der Waals surface area contributed by atoms with Crippen molar-refractivity contribution < 1.29 is 4.74 Å². The largest absolute Gasteiger partial charge is 0.456 e. The average molecular weight is 267 g/mol. The fourth-order valence-electron chi connectivity index (χ4n) is 1.44. The minimum Gasteiger partial charge on any atom is -0.456 e. The average Bonchev–Trinajstić information content (AvgIpc) is 2.34. The molecule has 3 heteroatoms. The zero-order chi connectivity index (χ0) is 12.3. The fraction of sp³-hybridized carbons (Fsp3) is 0.143. The first-order chi connectivity index (χ1) is 8.19. The van der Waals surface area contributed by atoms with Crippen LogP contribution in [0.1, 0.15) is 11.1 Å². The molecule has 0 saturated heterocycles. The van der Waals surface area contributed by atoms with Crippen molar-refractivity contribution in [3.05, 3.63) is 58.6 Å². The number of halogens is 2. The van der Waals surface area contributed by atoms with Crippen LogP contribution in [0.15, 0.2) is 42.5 Å². The van der Waals surface area contributed by atoms with E-state index in [4.69, 9.17) is 27.9 Å². The Bertz CT molecular complexity index is 506. The molecule has 0 spiro atoms. The minimum absolute atomic E-state index is 0.449. The third-order valence-electron chi connectivity index (χ3n) is 2.40. The lowest BCUT2D eigenvalue weighted by Crippen LogP contribution is -1.87. The third-order valence-corrected chi connectivity index (χ3v) is 3.00. The van der Waals surface area contributed by atoms with E-state index in [2.05, 4.69) is 0 Å². The molecular weight excluding hydrogens is 255 g/mol. The second-order valence-corrected chi connectivity index (χ2v) is 4.49. The Hall–Kier alpha value is -1.18. The highest BCUT2D eigenvalue weighted by atomic mass is 35.5. The Labute approximate surface area is 111 Å². The number of aryl methyl sites for hydroxylation is 1. The van der Waals surface area contributed by atoms with Gasteiger partial charge in [-0.3, -0.25) is 0 Å². The van der Waals surface area contributed by atoms with E-state index in [1.165, 1.54) is 5.56 Å². The van der Waals surface area contributed by atoms with Crippen LogP contribution >= 0.6 is 23.2 Å². The molecule has 1 nitrogen and oxygen atoms in total. The van der Waals surface area contributed by atoms with Crippen molar-refractivity contribution in [3.63, 3.8) is 0 Å². The molecule has 0 N–H and O–H groups in total. The highest BCUT2D eigenvalue weighted by molar-refractivity contribution is 6.32. The molecule has 0 heterocycles. The number of hydrogen-bond donors (Lipinski definition) is 0. The van der Waals surface area contributed by atoms with Crippen LogP contribution in [0.25, 0.3) is 0 Å². The van der Waals surface area contributed by atoms with Gasteiger partial charge in [0.15, 0.2) is 0 Å². The normalized spacial score (nSPS) is 10.3. The van der Waals surface area contributed by atoms with Crippen LogP contribution in [0.5, 0.6) is 11.5 Å². The molecule has 0 bridgehead atoms. The summed E-state index contributed by atoms with van der Waals surface area (Å²) in [5.74, 6) is 1.87. The van der Waals surface area contributed by atoms with E-state index in [0.29, 0.717) is 16.7 Å². The Kier molecular flexibility index (Phi) is 3.93. The van der Waals surface area contributed by atoms with E-state index in [1.54, 1.807) is 0 Å². The molecule has 0 amide bonds. The first kappa shape index (κ1) is 12.3. The summed E-state index contributed by atoms with van der Waals surface area (Å²) in [5, 5.41) is 0.573. The minimum atomic E-state index is 0.449. The van der Waals surface area contributed by atoms with Crippen LogP contribution in [0.3, 0.4) is 0 Å². The van der Waals surface area contributed by atoms with Crippen LogP contribution in [-0.2, 0) is 5.88 Å². The predicted octanol–water partition coefficient (Wildman–Crippen LogP) is 5.18. The molecule has 0 fully saturated rings. The van der Waals surface area contributed by atoms with E-state index in [0.717, 1.165) is 11.3 Å².